The van der Waals surface area contributed by atoms with E-state index in [4.69, 9.17) is 0 Å². The third kappa shape index (κ3) is 4.07. The third-order valence-corrected chi connectivity index (χ3v) is 5.48. The van der Waals surface area contributed by atoms with Crippen molar-refractivity contribution < 1.29 is 4.79 Å². The summed E-state index contributed by atoms with van der Waals surface area (Å²) in [6.45, 7) is 4.95. The zero-order chi connectivity index (χ0) is 19.5. The normalized spacial score (nSPS) is 14.2. The molecule has 2 heterocycles. The molecule has 1 aromatic heterocycles. The second-order valence-electron chi connectivity index (χ2n) is 6.92. The number of benzene rings is 2. The van der Waals surface area contributed by atoms with Crippen LogP contribution in [0.15, 0.2) is 65.4 Å². The molecule has 0 unspecified atom stereocenters. The van der Waals surface area contributed by atoms with Crippen molar-refractivity contribution in [2.75, 3.05) is 31.1 Å². The van der Waals surface area contributed by atoms with Gasteiger partial charge in [-0.15, -0.1) is 0 Å². The summed E-state index contributed by atoms with van der Waals surface area (Å²) >= 11 is 3.41. The van der Waals surface area contributed by atoms with Gasteiger partial charge in [-0.25, -0.2) is 9.97 Å². The molecule has 2 aromatic carbocycles. The van der Waals surface area contributed by atoms with Crippen molar-refractivity contribution in [1.82, 2.24) is 14.9 Å². The average Bonchev–Trinajstić information content (AvgIpc) is 2.74. The molecular weight excluding hydrogens is 416 g/mol. The van der Waals surface area contributed by atoms with E-state index in [9.17, 15) is 4.79 Å². The van der Waals surface area contributed by atoms with Gasteiger partial charge in [0.1, 0.15) is 12.1 Å². The first-order valence-corrected chi connectivity index (χ1v) is 10.1. The van der Waals surface area contributed by atoms with E-state index < -0.39 is 0 Å². The number of amides is 1. The number of carbonyl (C=O) groups is 1. The van der Waals surface area contributed by atoms with Crippen molar-refractivity contribution in [3.8, 4) is 11.3 Å². The van der Waals surface area contributed by atoms with Gasteiger partial charge in [0.2, 0.25) is 0 Å². The van der Waals surface area contributed by atoms with Crippen LogP contribution in [0, 0.1) is 6.92 Å². The van der Waals surface area contributed by atoms with E-state index in [1.807, 2.05) is 41.3 Å². The summed E-state index contributed by atoms with van der Waals surface area (Å²) in [6, 6.07) is 17.9. The number of carbonyl (C=O) groups excluding carboxylic acids is 1. The van der Waals surface area contributed by atoms with Gasteiger partial charge in [0.05, 0.1) is 5.69 Å². The van der Waals surface area contributed by atoms with Crippen LogP contribution in [0.1, 0.15) is 15.9 Å². The number of aromatic nitrogens is 2. The zero-order valence-corrected chi connectivity index (χ0v) is 17.3. The molecule has 0 saturated carbocycles. The minimum absolute atomic E-state index is 0.0790. The highest BCUT2D eigenvalue weighted by molar-refractivity contribution is 9.10. The van der Waals surface area contributed by atoms with Crippen molar-refractivity contribution in [1.29, 1.82) is 0 Å². The molecule has 1 aliphatic heterocycles. The lowest BCUT2D eigenvalue weighted by Crippen LogP contribution is -2.49. The summed E-state index contributed by atoms with van der Waals surface area (Å²) < 4.78 is 0.974. The van der Waals surface area contributed by atoms with Crippen LogP contribution in [-0.2, 0) is 0 Å². The fourth-order valence-corrected chi connectivity index (χ4v) is 3.66. The monoisotopic (exact) mass is 436 g/mol. The number of aryl methyl sites for hydroxylation is 1. The zero-order valence-electron chi connectivity index (χ0n) is 15.7. The maximum absolute atomic E-state index is 12.7. The van der Waals surface area contributed by atoms with Gasteiger partial charge in [-0.3, -0.25) is 4.79 Å². The Morgan fingerprint density at radius 1 is 0.964 bits per heavy atom. The number of piperazine rings is 1. The van der Waals surface area contributed by atoms with Crippen molar-refractivity contribution in [3.63, 3.8) is 0 Å². The average molecular weight is 437 g/mol. The molecule has 0 N–H and O–H groups in total. The first kappa shape index (κ1) is 18.6. The quantitative estimate of drug-likeness (QED) is 0.617. The summed E-state index contributed by atoms with van der Waals surface area (Å²) in [6.07, 6.45) is 1.62. The number of halogens is 1. The molecule has 0 aliphatic carbocycles. The predicted octanol–water partition coefficient (Wildman–Crippen LogP) is 4.18. The summed E-state index contributed by atoms with van der Waals surface area (Å²) in [7, 11) is 0. The fourth-order valence-electron chi connectivity index (χ4n) is 3.40. The molecule has 3 aromatic rings. The molecule has 1 aliphatic rings. The third-order valence-electron chi connectivity index (χ3n) is 4.95. The highest BCUT2D eigenvalue weighted by Crippen LogP contribution is 2.23. The highest BCUT2D eigenvalue weighted by atomic mass is 79.9. The SMILES string of the molecule is Cc1cccc(-c2cc(N3CCN(C(=O)c4ccc(Br)cc4)CC3)ncn2)c1. The Balaban J connectivity index is 1.44. The number of nitrogens with zero attached hydrogens (tertiary/aromatic N) is 4. The Morgan fingerprint density at radius 3 is 2.43 bits per heavy atom. The molecule has 1 saturated heterocycles. The van der Waals surface area contributed by atoms with Gasteiger partial charge in [-0.05, 0) is 37.3 Å². The molecule has 1 amide bonds. The van der Waals surface area contributed by atoms with Crippen LogP contribution in [0.2, 0.25) is 0 Å². The molecule has 0 atom stereocenters. The van der Waals surface area contributed by atoms with Gasteiger partial charge in [-0.1, -0.05) is 39.7 Å². The van der Waals surface area contributed by atoms with Gasteiger partial charge in [-0.2, -0.15) is 0 Å². The number of hydrogen-bond acceptors (Lipinski definition) is 4. The molecule has 6 heteroatoms. The highest BCUT2D eigenvalue weighted by Gasteiger charge is 2.23. The van der Waals surface area contributed by atoms with E-state index in [0.29, 0.717) is 13.1 Å². The number of hydrogen-bond donors (Lipinski definition) is 0. The number of rotatable bonds is 3. The molecule has 142 valence electrons. The molecule has 28 heavy (non-hydrogen) atoms. The van der Waals surface area contributed by atoms with Crippen LogP contribution >= 0.6 is 15.9 Å². The minimum Gasteiger partial charge on any atom is -0.353 e. The smallest absolute Gasteiger partial charge is 0.253 e. The van der Waals surface area contributed by atoms with Crippen molar-refractivity contribution in [3.05, 3.63) is 76.5 Å². The van der Waals surface area contributed by atoms with Crippen LogP contribution in [0.25, 0.3) is 11.3 Å². The van der Waals surface area contributed by atoms with E-state index in [2.05, 4.69) is 55.9 Å². The van der Waals surface area contributed by atoms with E-state index in [1.54, 1.807) is 6.33 Å². The van der Waals surface area contributed by atoms with Crippen LogP contribution in [0.5, 0.6) is 0 Å². The lowest BCUT2D eigenvalue weighted by atomic mass is 10.1. The van der Waals surface area contributed by atoms with Gasteiger partial charge >= 0.3 is 0 Å². The Morgan fingerprint density at radius 2 is 1.71 bits per heavy atom. The standard InChI is InChI=1S/C22H21BrN4O/c1-16-3-2-4-18(13-16)20-14-21(25-15-24-20)26-9-11-27(12-10-26)22(28)17-5-7-19(23)8-6-17/h2-8,13-15H,9-12H2,1H3. The lowest BCUT2D eigenvalue weighted by molar-refractivity contribution is 0.0746. The van der Waals surface area contributed by atoms with E-state index in [-0.39, 0.29) is 5.91 Å². The van der Waals surface area contributed by atoms with E-state index in [0.717, 1.165) is 40.2 Å². The van der Waals surface area contributed by atoms with Crippen LogP contribution < -0.4 is 4.90 Å². The van der Waals surface area contributed by atoms with E-state index in [1.165, 1.54) is 5.56 Å². The second-order valence-corrected chi connectivity index (χ2v) is 7.83. The second kappa shape index (κ2) is 8.10. The predicted molar refractivity (Wildman–Crippen MR) is 114 cm³/mol. The van der Waals surface area contributed by atoms with Gasteiger partial charge in [0.15, 0.2) is 0 Å². The van der Waals surface area contributed by atoms with Crippen molar-refractivity contribution >= 4 is 27.7 Å². The maximum Gasteiger partial charge on any atom is 0.253 e. The lowest BCUT2D eigenvalue weighted by Gasteiger charge is -2.35. The number of anilines is 1. The first-order chi connectivity index (χ1) is 13.6. The van der Waals surface area contributed by atoms with Gasteiger partial charge < -0.3 is 9.80 Å². The largest absolute Gasteiger partial charge is 0.353 e. The first-order valence-electron chi connectivity index (χ1n) is 9.29. The molecule has 0 bridgehead atoms. The molecule has 4 rings (SSSR count). The Hall–Kier alpha value is -2.73. The maximum atomic E-state index is 12.7. The van der Waals surface area contributed by atoms with Crippen LogP contribution in [0.3, 0.4) is 0 Å². The van der Waals surface area contributed by atoms with Crippen molar-refractivity contribution in [2.45, 2.75) is 6.92 Å². The molecule has 1 fully saturated rings. The van der Waals surface area contributed by atoms with Gasteiger partial charge in [0, 0.05) is 47.8 Å². The summed E-state index contributed by atoms with van der Waals surface area (Å²) in [4.78, 5) is 25.7. The molecule has 0 radical (unpaired) electrons. The molecule has 0 spiro atoms. The minimum atomic E-state index is 0.0790. The molecular formula is C22H21BrN4O. The summed E-state index contributed by atoms with van der Waals surface area (Å²) in [5, 5.41) is 0. The topological polar surface area (TPSA) is 49.3 Å². The van der Waals surface area contributed by atoms with Crippen LogP contribution in [0.4, 0.5) is 5.82 Å². The Labute approximate surface area is 173 Å². The summed E-state index contributed by atoms with van der Waals surface area (Å²) in [5.41, 5.74) is 3.94. The van der Waals surface area contributed by atoms with Gasteiger partial charge in [0.25, 0.3) is 5.91 Å². The Kier molecular flexibility index (Phi) is 5.39. The summed E-state index contributed by atoms with van der Waals surface area (Å²) in [5.74, 6) is 0.984. The fraction of sp³-hybridized carbons (Fsp3) is 0.227. The van der Waals surface area contributed by atoms with Crippen molar-refractivity contribution in [2.24, 2.45) is 0 Å². The molecule has 5 nitrogen and oxygen atoms in total. The van der Waals surface area contributed by atoms with E-state index >= 15 is 0 Å². The Bertz CT molecular complexity index is 982. The van der Waals surface area contributed by atoms with Crippen LogP contribution in [-0.4, -0.2) is 47.0 Å².